The average Bonchev–Trinajstić information content (AvgIpc) is 2.47. The van der Waals surface area contributed by atoms with E-state index in [0.717, 1.165) is 12.8 Å². The molecule has 2 N–H and O–H groups in total. The van der Waals surface area contributed by atoms with E-state index >= 15 is 0 Å². The number of likely N-dealkylation sites (tertiary alicyclic amines) is 1. The maximum absolute atomic E-state index is 10.9. The van der Waals surface area contributed by atoms with Crippen LogP contribution in [-0.4, -0.2) is 39.2 Å². The third-order valence-corrected chi connectivity index (χ3v) is 2.67. The van der Waals surface area contributed by atoms with Gasteiger partial charge in [-0.3, -0.25) is 4.90 Å². The molecule has 1 fully saturated rings. The second-order valence-electron chi connectivity index (χ2n) is 4.87. The topological polar surface area (TPSA) is 52.6 Å². The number of hydrogen-bond acceptors (Lipinski definition) is 2. The fraction of sp³-hybridized carbons (Fsp3) is 0.800. The van der Waals surface area contributed by atoms with Crippen LogP contribution in [0.4, 0.5) is 4.79 Å². The fourth-order valence-corrected chi connectivity index (χ4v) is 2.27. The molecule has 0 aliphatic carbocycles. The molecule has 1 amide bonds. The number of carboxylic acid groups (broad SMARTS) is 1. The molecule has 0 aromatic rings. The molecule has 1 aliphatic rings. The van der Waals surface area contributed by atoms with E-state index in [1.54, 1.807) is 0 Å². The smallest absolute Gasteiger partial charge is 0.407 e. The van der Waals surface area contributed by atoms with Crippen molar-refractivity contribution in [1.29, 1.82) is 0 Å². The first-order chi connectivity index (χ1) is 6.81. The molecule has 0 spiro atoms. The van der Waals surface area contributed by atoms with Gasteiger partial charge in [0.05, 0.1) is 11.0 Å². The Bertz CT molecular complexity index is 273. The lowest BCUT2D eigenvalue weighted by atomic mass is 10.1. The molecule has 1 saturated heterocycles. The van der Waals surface area contributed by atoms with Crippen molar-refractivity contribution >= 4 is 23.3 Å². The quantitative estimate of drug-likeness (QED) is 0.675. The van der Waals surface area contributed by atoms with Crippen LogP contribution in [-0.2, 0) is 0 Å². The Labute approximate surface area is 95.6 Å². The predicted molar refractivity (Wildman–Crippen MR) is 63.2 cm³/mol. The van der Waals surface area contributed by atoms with Crippen molar-refractivity contribution in [2.24, 2.45) is 0 Å². The number of nitrogens with zero attached hydrogens (tertiary/aromatic N) is 1. The van der Waals surface area contributed by atoms with Gasteiger partial charge in [0.1, 0.15) is 0 Å². The molecule has 15 heavy (non-hydrogen) atoms. The van der Waals surface area contributed by atoms with E-state index in [2.05, 4.69) is 5.32 Å². The Hall–Kier alpha value is -0.840. The van der Waals surface area contributed by atoms with Crippen molar-refractivity contribution in [2.45, 2.75) is 45.2 Å². The Kier molecular flexibility index (Phi) is 3.54. The summed E-state index contributed by atoms with van der Waals surface area (Å²) in [7, 11) is 0. The first kappa shape index (κ1) is 12.2. The lowest BCUT2D eigenvalue weighted by Gasteiger charge is -2.29. The summed E-state index contributed by atoms with van der Waals surface area (Å²) in [6.07, 6.45) is 0.840. The Balaban J connectivity index is 2.63. The number of rotatable bonds is 1. The minimum absolute atomic E-state index is 0.107. The molecule has 4 nitrogen and oxygen atoms in total. The molecule has 0 aromatic heterocycles. The number of amides is 1. The van der Waals surface area contributed by atoms with E-state index in [1.165, 1.54) is 4.90 Å². The van der Waals surface area contributed by atoms with Gasteiger partial charge in [-0.1, -0.05) is 12.2 Å². The van der Waals surface area contributed by atoms with Gasteiger partial charge in [-0.15, -0.1) is 0 Å². The number of carbonyl (C=O) groups is 1. The first-order valence-electron chi connectivity index (χ1n) is 5.13. The molecular formula is C10H18N2O2S. The largest absolute Gasteiger partial charge is 0.465 e. The molecule has 0 radical (unpaired) electrons. The van der Waals surface area contributed by atoms with E-state index in [-0.39, 0.29) is 11.6 Å². The van der Waals surface area contributed by atoms with Crippen LogP contribution in [0.5, 0.6) is 0 Å². The van der Waals surface area contributed by atoms with Crippen LogP contribution in [0, 0.1) is 0 Å². The third kappa shape index (κ3) is 3.34. The molecule has 1 heterocycles. The van der Waals surface area contributed by atoms with Gasteiger partial charge in [0, 0.05) is 12.1 Å². The second-order valence-corrected chi connectivity index (χ2v) is 5.31. The Morgan fingerprint density at radius 3 is 2.60 bits per heavy atom. The van der Waals surface area contributed by atoms with E-state index in [9.17, 15) is 4.79 Å². The van der Waals surface area contributed by atoms with E-state index in [0.29, 0.717) is 11.5 Å². The van der Waals surface area contributed by atoms with Gasteiger partial charge in [-0.05, 0) is 33.6 Å². The van der Waals surface area contributed by atoms with Gasteiger partial charge in [-0.2, -0.15) is 0 Å². The zero-order valence-electron chi connectivity index (χ0n) is 9.41. The molecular weight excluding hydrogens is 212 g/mol. The van der Waals surface area contributed by atoms with Crippen LogP contribution in [0.25, 0.3) is 0 Å². The highest BCUT2D eigenvalue weighted by Gasteiger charge is 2.32. The van der Waals surface area contributed by atoms with Gasteiger partial charge < -0.3 is 10.4 Å². The number of hydrogen-bond donors (Lipinski definition) is 2. The van der Waals surface area contributed by atoms with E-state index in [1.807, 2.05) is 20.8 Å². The van der Waals surface area contributed by atoms with Crippen molar-refractivity contribution in [3.63, 3.8) is 0 Å². The molecule has 0 bridgehead atoms. The minimum Gasteiger partial charge on any atom is -0.465 e. The highest BCUT2D eigenvalue weighted by Crippen LogP contribution is 2.19. The Morgan fingerprint density at radius 2 is 2.13 bits per heavy atom. The van der Waals surface area contributed by atoms with Gasteiger partial charge in [0.25, 0.3) is 0 Å². The maximum atomic E-state index is 10.9. The zero-order chi connectivity index (χ0) is 11.6. The van der Waals surface area contributed by atoms with Gasteiger partial charge in [0.2, 0.25) is 0 Å². The normalized spacial score (nSPS) is 21.5. The van der Waals surface area contributed by atoms with Crippen molar-refractivity contribution in [3.05, 3.63) is 0 Å². The second kappa shape index (κ2) is 4.35. The summed E-state index contributed by atoms with van der Waals surface area (Å²) in [4.78, 5) is 13.0. The summed E-state index contributed by atoms with van der Waals surface area (Å²) in [5, 5.41) is 12.1. The van der Waals surface area contributed by atoms with Crippen molar-refractivity contribution < 1.29 is 9.90 Å². The minimum atomic E-state index is -0.879. The highest BCUT2D eigenvalue weighted by molar-refractivity contribution is 7.80. The molecule has 1 unspecified atom stereocenters. The zero-order valence-corrected chi connectivity index (χ0v) is 10.2. The van der Waals surface area contributed by atoms with Crippen LogP contribution < -0.4 is 5.32 Å². The molecule has 1 rings (SSSR count). The molecule has 0 aromatic carbocycles. The summed E-state index contributed by atoms with van der Waals surface area (Å²) < 4.78 is 0. The van der Waals surface area contributed by atoms with E-state index in [4.69, 9.17) is 17.3 Å². The molecule has 0 saturated carbocycles. The molecule has 5 heteroatoms. The van der Waals surface area contributed by atoms with Crippen LogP contribution >= 0.6 is 12.2 Å². The maximum Gasteiger partial charge on any atom is 0.407 e. The average molecular weight is 230 g/mol. The summed E-state index contributed by atoms with van der Waals surface area (Å²) in [6.45, 7) is 6.63. The first-order valence-corrected chi connectivity index (χ1v) is 5.54. The third-order valence-electron chi connectivity index (χ3n) is 2.30. The van der Waals surface area contributed by atoms with Gasteiger partial charge >= 0.3 is 6.09 Å². The van der Waals surface area contributed by atoms with Crippen molar-refractivity contribution in [1.82, 2.24) is 10.2 Å². The Morgan fingerprint density at radius 1 is 1.53 bits per heavy atom. The molecule has 1 aliphatic heterocycles. The van der Waals surface area contributed by atoms with E-state index < -0.39 is 6.09 Å². The lowest BCUT2D eigenvalue weighted by Crippen LogP contribution is -2.50. The highest BCUT2D eigenvalue weighted by atomic mass is 32.1. The fourth-order valence-electron chi connectivity index (χ4n) is 1.72. The van der Waals surface area contributed by atoms with Gasteiger partial charge in [-0.25, -0.2) is 4.79 Å². The predicted octanol–water partition coefficient (Wildman–Crippen LogP) is 1.84. The summed E-state index contributed by atoms with van der Waals surface area (Å²) in [5.41, 5.74) is -0.107. The number of thiocarbonyl (C=S) groups is 1. The monoisotopic (exact) mass is 230 g/mol. The van der Waals surface area contributed by atoms with Gasteiger partial charge in [0.15, 0.2) is 0 Å². The van der Waals surface area contributed by atoms with Crippen LogP contribution in [0.15, 0.2) is 0 Å². The summed E-state index contributed by atoms with van der Waals surface area (Å²) in [6, 6.07) is -0.142. The molecule has 1 atom stereocenters. The van der Waals surface area contributed by atoms with Crippen LogP contribution in [0.3, 0.4) is 0 Å². The van der Waals surface area contributed by atoms with Crippen molar-refractivity contribution in [3.8, 4) is 0 Å². The lowest BCUT2D eigenvalue weighted by molar-refractivity contribution is 0.149. The number of nitrogens with one attached hydrogen (secondary N) is 1. The summed E-state index contributed by atoms with van der Waals surface area (Å²) >= 11 is 5.24. The van der Waals surface area contributed by atoms with Crippen molar-refractivity contribution in [2.75, 3.05) is 6.54 Å². The van der Waals surface area contributed by atoms with Crippen LogP contribution in [0.1, 0.15) is 33.6 Å². The SMILES string of the molecule is CC(C)(C)NC(=S)C1CCCN1C(=O)O. The summed E-state index contributed by atoms with van der Waals surface area (Å²) in [5.74, 6) is 0. The molecule has 86 valence electrons. The standard InChI is InChI=1S/C10H18N2O2S/c1-10(2,3)11-8(15)7-5-4-6-12(7)9(13)14/h7H,4-6H2,1-3H3,(H,11,15)(H,13,14). The van der Waals surface area contributed by atoms with Crippen LogP contribution in [0.2, 0.25) is 0 Å².